The molecule has 0 heterocycles. The molecule has 0 bridgehead atoms. The Morgan fingerprint density at radius 1 is 1.43 bits per heavy atom. The van der Waals surface area contributed by atoms with E-state index in [-0.39, 0.29) is 18.9 Å². The smallest absolute Gasteiger partial charge is 0.310 e. The highest BCUT2D eigenvalue weighted by molar-refractivity contribution is 5.72. The Morgan fingerprint density at radius 3 is 2.57 bits per heavy atom. The minimum Gasteiger partial charge on any atom is -0.390 e. The highest BCUT2D eigenvalue weighted by Gasteiger charge is 2.30. The van der Waals surface area contributed by atoms with Crippen molar-refractivity contribution in [1.29, 1.82) is 0 Å². The normalized spacial score (nSPS) is 13.6. The van der Waals surface area contributed by atoms with Crippen molar-refractivity contribution in [3.8, 4) is 0 Å². The van der Waals surface area contributed by atoms with Gasteiger partial charge in [-0.25, -0.2) is 4.39 Å². The van der Waals surface area contributed by atoms with Gasteiger partial charge in [0.15, 0.2) is 0 Å². The number of aliphatic hydroxyl groups is 2. The van der Waals surface area contributed by atoms with Crippen molar-refractivity contribution in [1.82, 2.24) is 5.32 Å². The number of nitrogens with one attached hydrogen (secondary N) is 1. The second-order valence-corrected chi connectivity index (χ2v) is 4.37. The molecule has 0 aromatic heterocycles. The quantitative estimate of drug-likeness (QED) is 0.531. The van der Waals surface area contributed by atoms with Crippen molar-refractivity contribution in [2.75, 3.05) is 6.54 Å². The summed E-state index contributed by atoms with van der Waals surface area (Å²) >= 11 is 0. The third kappa shape index (κ3) is 4.43. The Balaban J connectivity index is 2.97. The van der Waals surface area contributed by atoms with Gasteiger partial charge >= 0.3 is 5.69 Å². The van der Waals surface area contributed by atoms with Gasteiger partial charge in [0.2, 0.25) is 11.7 Å². The van der Waals surface area contributed by atoms with Crippen LogP contribution in [0, 0.1) is 21.7 Å². The molecule has 0 saturated carbocycles. The van der Waals surface area contributed by atoms with Crippen molar-refractivity contribution in [3.63, 3.8) is 0 Å². The lowest BCUT2D eigenvalue weighted by Crippen LogP contribution is -2.28. The van der Waals surface area contributed by atoms with Gasteiger partial charge in [0.1, 0.15) is 11.9 Å². The summed E-state index contributed by atoms with van der Waals surface area (Å²) in [5.74, 6) is -2.91. The van der Waals surface area contributed by atoms with E-state index in [1.54, 1.807) is 0 Å². The van der Waals surface area contributed by atoms with E-state index in [2.05, 4.69) is 5.32 Å². The van der Waals surface area contributed by atoms with Crippen LogP contribution in [-0.2, 0) is 4.79 Å². The Labute approximate surface area is 118 Å². The van der Waals surface area contributed by atoms with Gasteiger partial charge in [0.05, 0.1) is 16.6 Å². The van der Waals surface area contributed by atoms with Crippen LogP contribution in [0.15, 0.2) is 12.1 Å². The molecule has 7 nitrogen and oxygen atoms in total. The number of hydrogen-bond acceptors (Lipinski definition) is 5. The van der Waals surface area contributed by atoms with Crippen LogP contribution in [0.4, 0.5) is 14.5 Å². The van der Waals surface area contributed by atoms with E-state index in [9.17, 15) is 33.9 Å². The van der Waals surface area contributed by atoms with Gasteiger partial charge in [0.25, 0.3) is 0 Å². The first-order valence-electron chi connectivity index (χ1n) is 5.98. The maximum absolute atomic E-state index is 13.4. The van der Waals surface area contributed by atoms with Crippen LogP contribution >= 0.6 is 0 Å². The number of aliphatic hydroxyl groups excluding tert-OH is 2. The number of nitro groups is 1. The van der Waals surface area contributed by atoms with Crippen LogP contribution in [0.25, 0.3) is 0 Å². The number of carbonyl (C=O) groups excluding carboxylic acids is 1. The Morgan fingerprint density at radius 2 is 2.05 bits per heavy atom. The summed E-state index contributed by atoms with van der Waals surface area (Å²) in [6.07, 6.45) is -3.53. The summed E-state index contributed by atoms with van der Waals surface area (Å²) in [5, 5.41) is 32.7. The van der Waals surface area contributed by atoms with Gasteiger partial charge in [-0.2, -0.15) is 4.39 Å². The monoisotopic (exact) mass is 304 g/mol. The van der Waals surface area contributed by atoms with Gasteiger partial charge in [-0.05, 0) is 12.5 Å². The maximum Gasteiger partial charge on any atom is 0.310 e. The standard InChI is InChI=1S/C12H14F2N2O5/c1-6(17)15-3-2-10(18)12(19)8-4-7(13)5-9(14)11(8)16(20)21/h4-5,10,12,18-19H,2-3H2,1H3,(H,15,17). The molecule has 1 amide bonds. The van der Waals surface area contributed by atoms with E-state index in [0.717, 1.165) is 0 Å². The number of nitro benzene ring substituents is 1. The average molecular weight is 304 g/mol. The number of rotatable bonds is 6. The molecule has 0 spiro atoms. The zero-order chi connectivity index (χ0) is 16.2. The molecule has 0 radical (unpaired) electrons. The summed E-state index contributed by atoms with van der Waals surface area (Å²) in [5.41, 5.74) is -1.75. The molecule has 0 saturated heterocycles. The Bertz CT molecular complexity index is 553. The summed E-state index contributed by atoms with van der Waals surface area (Å²) < 4.78 is 26.6. The summed E-state index contributed by atoms with van der Waals surface area (Å²) in [6, 6.07) is 0.908. The number of benzene rings is 1. The lowest BCUT2D eigenvalue weighted by atomic mass is 10.00. The van der Waals surface area contributed by atoms with Gasteiger partial charge in [0, 0.05) is 19.5 Å². The van der Waals surface area contributed by atoms with E-state index in [0.29, 0.717) is 12.1 Å². The summed E-state index contributed by atoms with van der Waals surface area (Å²) in [7, 11) is 0. The maximum atomic E-state index is 13.4. The number of amides is 1. The van der Waals surface area contributed by atoms with Crippen molar-refractivity contribution in [2.24, 2.45) is 0 Å². The molecule has 0 aliphatic rings. The Hall–Kier alpha value is -2.13. The first kappa shape index (κ1) is 16.9. The molecule has 3 N–H and O–H groups in total. The largest absolute Gasteiger partial charge is 0.390 e. The molecule has 1 aromatic rings. The van der Waals surface area contributed by atoms with Crippen molar-refractivity contribution < 1.29 is 28.7 Å². The molecular weight excluding hydrogens is 290 g/mol. The first-order valence-corrected chi connectivity index (χ1v) is 5.98. The summed E-state index contributed by atoms with van der Waals surface area (Å²) in [6.45, 7) is 1.24. The minimum atomic E-state index is -1.86. The minimum absolute atomic E-state index is 0.000838. The van der Waals surface area contributed by atoms with Crippen LogP contribution in [0.5, 0.6) is 0 Å². The SMILES string of the molecule is CC(=O)NCCC(O)C(O)c1cc(F)cc(F)c1[N+](=O)[O-]. The van der Waals surface area contributed by atoms with Crippen LogP contribution in [-0.4, -0.2) is 33.7 Å². The van der Waals surface area contributed by atoms with E-state index < -0.39 is 40.0 Å². The molecule has 0 aliphatic heterocycles. The predicted molar refractivity (Wildman–Crippen MR) is 67.3 cm³/mol. The third-order valence-electron chi connectivity index (χ3n) is 2.74. The molecule has 116 valence electrons. The second kappa shape index (κ2) is 7.04. The molecule has 1 aromatic carbocycles. The number of carbonyl (C=O) groups is 1. The van der Waals surface area contributed by atoms with E-state index in [1.165, 1.54) is 6.92 Å². The van der Waals surface area contributed by atoms with E-state index in [4.69, 9.17) is 0 Å². The zero-order valence-electron chi connectivity index (χ0n) is 11.0. The highest BCUT2D eigenvalue weighted by Crippen LogP contribution is 2.31. The molecule has 9 heteroatoms. The van der Waals surface area contributed by atoms with Crippen molar-refractivity contribution in [2.45, 2.75) is 25.6 Å². The summed E-state index contributed by atoms with van der Waals surface area (Å²) in [4.78, 5) is 20.3. The number of halogens is 2. The van der Waals surface area contributed by atoms with Gasteiger partial charge in [-0.1, -0.05) is 0 Å². The molecule has 2 unspecified atom stereocenters. The van der Waals surface area contributed by atoms with E-state index in [1.807, 2.05) is 0 Å². The first-order chi connectivity index (χ1) is 9.73. The van der Waals surface area contributed by atoms with Gasteiger partial charge in [-0.15, -0.1) is 0 Å². The molecule has 2 atom stereocenters. The molecular formula is C12H14F2N2O5. The predicted octanol–water partition coefficient (Wildman–Crippen LogP) is 0.793. The Kier molecular flexibility index (Phi) is 5.68. The molecule has 0 aliphatic carbocycles. The van der Waals surface area contributed by atoms with Crippen molar-refractivity contribution >= 4 is 11.6 Å². The number of hydrogen-bond donors (Lipinski definition) is 3. The molecule has 1 rings (SSSR count). The van der Waals surface area contributed by atoms with E-state index >= 15 is 0 Å². The topological polar surface area (TPSA) is 113 Å². The van der Waals surface area contributed by atoms with Crippen LogP contribution < -0.4 is 5.32 Å². The van der Waals surface area contributed by atoms with Crippen LogP contribution in [0.2, 0.25) is 0 Å². The number of nitrogens with zero attached hydrogens (tertiary/aromatic N) is 1. The third-order valence-corrected chi connectivity index (χ3v) is 2.74. The fourth-order valence-corrected chi connectivity index (χ4v) is 1.77. The lowest BCUT2D eigenvalue weighted by molar-refractivity contribution is -0.389. The molecule has 0 fully saturated rings. The average Bonchev–Trinajstić information content (AvgIpc) is 2.35. The van der Waals surface area contributed by atoms with Crippen molar-refractivity contribution in [3.05, 3.63) is 39.4 Å². The fraction of sp³-hybridized carbons (Fsp3) is 0.417. The van der Waals surface area contributed by atoms with Crippen LogP contribution in [0.1, 0.15) is 25.0 Å². The lowest BCUT2D eigenvalue weighted by Gasteiger charge is -2.18. The van der Waals surface area contributed by atoms with Gasteiger partial charge in [-0.3, -0.25) is 14.9 Å². The van der Waals surface area contributed by atoms with Gasteiger partial charge < -0.3 is 15.5 Å². The molecule has 21 heavy (non-hydrogen) atoms. The highest BCUT2D eigenvalue weighted by atomic mass is 19.1. The second-order valence-electron chi connectivity index (χ2n) is 4.37. The fourth-order valence-electron chi connectivity index (χ4n) is 1.77. The van der Waals surface area contributed by atoms with Crippen LogP contribution in [0.3, 0.4) is 0 Å². The zero-order valence-corrected chi connectivity index (χ0v) is 11.0.